The fraction of sp³-hybridized carbons (Fsp3) is 1.00. The van der Waals surface area contributed by atoms with Crippen molar-refractivity contribution in [2.45, 2.75) is 19.4 Å². The van der Waals surface area contributed by atoms with Gasteiger partial charge in [0, 0.05) is 41.4 Å². The Morgan fingerprint density at radius 3 is 2.71 bits per heavy atom. The van der Waals surface area contributed by atoms with Crippen molar-refractivity contribution in [1.82, 2.24) is 10.2 Å². The molecule has 2 saturated heterocycles. The topological polar surface area (TPSA) is 32.3 Å². The Morgan fingerprint density at radius 2 is 2.07 bits per heavy atom. The average Bonchev–Trinajstić information content (AvgIpc) is 2.20. The Balaban J connectivity index is 1.90. The van der Waals surface area contributed by atoms with Crippen LogP contribution in [0.15, 0.2) is 0 Å². The number of hydrogen-bond donors (Lipinski definition) is 1. The molecule has 2 aliphatic heterocycles. The zero-order chi connectivity index (χ0) is 9.97. The van der Waals surface area contributed by atoms with E-state index in [1.54, 1.807) is 0 Å². The van der Waals surface area contributed by atoms with E-state index in [0.29, 0.717) is 0 Å². The highest BCUT2D eigenvalue weighted by Crippen LogP contribution is 2.19. The maximum absolute atomic E-state index is 11.2. The summed E-state index contributed by atoms with van der Waals surface area (Å²) in [6, 6.07) is 0.730. The molecule has 2 fully saturated rings. The quantitative estimate of drug-likeness (QED) is 0.672. The molecule has 0 radical (unpaired) electrons. The zero-order valence-corrected chi connectivity index (χ0v) is 9.68. The Hall–Kier alpha value is 0.0700. The fourth-order valence-electron chi connectivity index (χ4n) is 2.53. The van der Waals surface area contributed by atoms with Gasteiger partial charge in [-0.05, 0) is 25.4 Å². The summed E-state index contributed by atoms with van der Waals surface area (Å²) in [5.41, 5.74) is 0. The summed E-state index contributed by atoms with van der Waals surface area (Å²) in [6.07, 6.45) is 1.26. The van der Waals surface area contributed by atoms with E-state index in [-0.39, 0.29) is 0 Å². The molecule has 14 heavy (non-hydrogen) atoms. The first-order valence-corrected chi connectivity index (χ1v) is 7.06. The predicted octanol–water partition coefficient (Wildman–Crippen LogP) is 0.0487. The van der Waals surface area contributed by atoms with E-state index >= 15 is 0 Å². The highest BCUT2D eigenvalue weighted by molar-refractivity contribution is 7.85. The third-order valence-electron chi connectivity index (χ3n) is 3.42. The summed E-state index contributed by atoms with van der Waals surface area (Å²) in [6.45, 7) is 6.70. The Labute approximate surface area is 88.7 Å². The molecular formula is C10H20N2OS. The Bertz CT molecular complexity index is 212. The predicted molar refractivity (Wildman–Crippen MR) is 59.9 cm³/mol. The van der Waals surface area contributed by atoms with Gasteiger partial charge in [-0.3, -0.25) is 9.11 Å². The molecule has 2 rings (SSSR count). The maximum atomic E-state index is 11.2. The molecule has 0 amide bonds. The molecule has 4 heteroatoms. The molecule has 2 aliphatic rings. The van der Waals surface area contributed by atoms with Crippen LogP contribution in [0.4, 0.5) is 0 Å². The van der Waals surface area contributed by atoms with Crippen LogP contribution in [0.1, 0.15) is 13.3 Å². The Morgan fingerprint density at radius 1 is 1.36 bits per heavy atom. The van der Waals surface area contributed by atoms with E-state index in [1.807, 2.05) is 0 Å². The van der Waals surface area contributed by atoms with Gasteiger partial charge < -0.3 is 5.32 Å². The molecule has 0 aromatic carbocycles. The van der Waals surface area contributed by atoms with Crippen LogP contribution in [-0.4, -0.2) is 52.8 Å². The largest absolute Gasteiger partial charge is 0.316 e. The molecule has 0 bridgehead atoms. The SMILES string of the molecule is CC1CNCCC1N1CCS(=O)CC1. The van der Waals surface area contributed by atoms with Crippen LogP contribution in [0.5, 0.6) is 0 Å². The van der Waals surface area contributed by atoms with Gasteiger partial charge in [0.05, 0.1) is 0 Å². The van der Waals surface area contributed by atoms with E-state index in [0.717, 1.165) is 49.6 Å². The number of piperidine rings is 1. The van der Waals surface area contributed by atoms with E-state index < -0.39 is 10.8 Å². The molecule has 0 aliphatic carbocycles. The van der Waals surface area contributed by atoms with Crippen molar-refractivity contribution in [1.29, 1.82) is 0 Å². The zero-order valence-electron chi connectivity index (χ0n) is 8.87. The third-order valence-corrected chi connectivity index (χ3v) is 4.70. The van der Waals surface area contributed by atoms with Gasteiger partial charge in [-0.15, -0.1) is 0 Å². The molecule has 0 aromatic rings. The van der Waals surface area contributed by atoms with Crippen LogP contribution < -0.4 is 5.32 Å². The van der Waals surface area contributed by atoms with Gasteiger partial charge in [-0.25, -0.2) is 0 Å². The smallest absolute Gasteiger partial charge is 0.0363 e. The van der Waals surface area contributed by atoms with Crippen LogP contribution in [0.3, 0.4) is 0 Å². The second-order valence-electron chi connectivity index (χ2n) is 4.42. The Kier molecular flexibility index (Phi) is 3.57. The molecule has 0 spiro atoms. The molecule has 0 aromatic heterocycles. The van der Waals surface area contributed by atoms with Gasteiger partial charge in [-0.2, -0.15) is 0 Å². The van der Waals surface area contributed by atoms with Gasteiger partial charge in [0.25, 0.3) is 0 Å². The van der Waals surface area contributed by atoms with Crippen molar-refractivity contribution >= 4 is 10.8 Å². The number of nitrogens with zero attached hydrogens (tertiary/aromatic N) is 1. The molecule has 3 nitrogen and oxygen atoms in total. The summed E-state index contributed by atoms with van der Waals surface area (Å²) < 4.78 is 11.2. The minimum atomic E-state index is -0.534. The standard InChI is InChI=1S/C10H20N2OS/c1-9-8-11-3-2-10(9)12-4-6-14(13)7-5-12/h9-11H,2-8H2,1H3. The van der Waals surface area contributed by atoms with Crippen molar-refractivity contribution in [2.75, 3.05) is 37.7 Å². The van der Waals surface area contributed by atoms with Gasteiger partial charge in [0.15, 0.2) is 0 Å². The molecule has 2 atom stereocenters. The summed E-state index contributed by atoms with van der Waals surface area (Å²) in [5.74, 6) is 2.52. The van der Waals surface area contributed by atoms with Crippen LogP contribution in [0.25, 0.3) is 0 Å². The summed E-state index contributed by atoms with van der Waals surface area (Å²) in [5, 5.41) is 3.43. The number of nitrogens with one attached hydrogen (secondary N) is 1. The minimum Gasteiger partial charge on any atom is -0.316 e. The minimum absolute atomic E-state index is 0.534. The number of rotatable bonds is 1. The van der Waals surface area contributed by atoms with E-state index in [1.165, 1.54) is 6.42 Å². The van der Waals surface area contributed by atoms with Crippen LogP contribution in [0.2, 0.25) is 0 Å². The first-order valence-electron chi connectivity index (χ1n) is 5.57. The molecule has 82 valence electrons. The molecule has 2 heterocycles. The number of hydrogen-bond acceptors (Lipinski definition) is 3. The van der Waals surface area contributed by atoms with Gasteiger partial charge in [0.1, 0.15) is 0 Å². The summed E-state index contributed by atoms with van der Waals surface area (Å²) in [4.78, 5) is 2.55. The fourth-order valence-corrected chi connectivity index (χ4v) is 3.61. The van der Waals surface area contributed by atoms with E-state index in [9.17, 15) is 4.21 Å². The lowest BCUT2D eigenvalue weighted by Crippen LogP contribution is -2.52. The molecule has 2 unspecified atom stereocenters. The summed E-state index contributed by atoms with van der Waals surface area (Å²) >= 11 is 0. The van der Waals surface area contributed by atoms with Gasteiger partial charge in [-0.1, -0.05) is 6.92 Å². The van der Waals surface area contributed by atoms with Crippen LogP contribution >= 0.6 is 0 Å². The lowest BCUT2D eigenvalue weighted by molar-refractivity contribution is 0.131. The van der Waals surface area contributed by atoms with Crippen molar-refractivity contribution in [3.05, 3.63) is 0 Å². The molecule has 0 saturated carbocycles. The highest BCUT2D eigenvalue weighted by atomic mass is 32.2. The van der Waals surface area contributed by atoms with Crippen molar-refractivity contribution < 1.29 is 4.21 Å². The van der Waals surface area contributed by atoms with E-state index in [2.05, 4.69) is 17.1 Å². The summed E-state index contributed by atoms with van der Waals surface area (Å²) in [7, 11) is -0.534. The van der Waals surface area contributed by atoms with Gasteiger partial charge in [0.2, 0.25) is 0 Å². The van der Waals surface area contributed by atoms with Crippen molar-refractivity contribution in [3.63, 3.8) is 0 Å². The highest BCUT2D eigenvalue weighted by Gasteiger charge is 2.28. The molecule has 1 N–H and O–H groups in total. The second kappa shape index (κ2) is 4.73. The monoisotopic (exact) mass is 216 g/mol. The first kappa shape index (κ1) is 10.6. The average molecular weight is 216 g/mol. The third kappa shape index (κ3) is 2.35. The second-order valence-corrected chi connectivity index (χ2v) is 6.12. The first-order chi connectivity index (χ1) is 6.77. The van der Waals surface area contributed by atoms with Gasteiger partial charge >= 0.3 is 0 Å². The molecular weight excluding hydrogens is 196 g/mol. The lowest BCUT2D eigenvalue weighted by atomic mass is 9.94. The van der Waals surface area contributed by atoms with Crippen molar-refractivity contribution in [2.24, 2.45) is 5.92 Å². The van der Waals surface area contributed by atoms with Crippen LogP contribution in [0, 0.1) is 5.92 Å². The van der Waals surface area contributed by atoms with Crippen molar-refractivity contribution in [3.8, 4) is 0 Å². The normalized spacial score (nSPS) is 37.2. The van der Waals surface area contributed by atoms with Crippen LogP contribution in [-0.2, 0) is 10.8 Å². The maximum Gasteiger partial charge on any atom is 0.0363 e. The lowest BCUT2D eigenvalue weighted by Gasteiger charge is -2.40. The van der Waals surface area contributed by atoms with E-state index in [4.69, 9.17) is 0 Å².